The Balaban J connectivity index is 1.85. The van der Waals surface area contributed by atoms with Gasteiger partial charge in [0.2, 0.25) is 5.91 Å². The third-order valence-electron chi connectivity index (χ3n) is 4.20. The zero-order chi connectivity index (χ0) is 15.7. The fourth-order valence-corrected chi connectivity index (χ4v) is 3.02. The molecule has 2 heterocycles. The van der Waals surface area contributed by atoms with Gasteiger partial charge in [-0.1, -0.05) is 29.8 Å². The SMILES string of the molecule is CC(C)=CC(=O)N1CC=C(c2c[nH]c3c(C)cccc23)CC1. The summed E-state index contributed by atoms with van der Waals surface area (Å²) in [7, 11) is 0. The van der Waals surface area contributed by atoms with E-state index in [4.69, 9.17) is 0 Å². The second-order valence-electron chi connectivity index (χ2n) is 6.19. The first-order valence-corrected chi connectivity index (χ1v) is 7.76. The van der Waals surface area contributed by atoms with Gasteiger partial charge in [0.05, 0.1) is 0 Å². The van der Waals surface area contributed by atoms with Crippen molar-refractivity contribution in [1.29, 1.82) is 0 Å². The van der Waals surface area contributed by atoms with Gasteiger partial charge in [-0.2, -0.15) is 0 Å². The lowest BCUT2D eigenvalue weighted by Crippen LogP contribution is -2.33. The van der Waals surface area contributed by atoms with Crippen LogP contribution in [0.15, 0.2) is 42.1 Å². The van der Waals surface area contributed by atoms with Gasteiger partial charge in [0, 0.05) is 41.8 Å². The van der Waals surface area contributed by atoms with Crippen LogP contribution < -0.4 is 0 Å². The first kappa shape index (κ1) is 14.6. The summed E-state index contributed by atoms with van der Waals surface area (Å²) in [6.45, 7) is 7.51. The summed E-state index contributed by atoms with van der Waals surface area (Å²) in [5, 5.41) is 1.27. The lowest BCUT2D eigenvalue weighted by atomic mass is 9.98. The van der Waals surface area contributed by atoms with Crippen LogP contribution in [-0.2, 0) is 4.79 Å². The number of allylic oxidation sites excluding steroid dienone is 1. The Morgan fingerprint density at radius 2 is 2.14 bits per heavy atom. The van der Waals surface area contributed by atoms with Gasteiger partial charge in [0.1, 0.15) is 0 Å². The van der Waals surface area contributed by atoms with Crippen molar-refractivity contribution < 1.29 is 4.79 Å². The van der Waals surface area contributed by atoms with Gasteiger partial charge in [0.25, 0.3) is 0 Å². The summed E-state index contributed by atoms with van der Waals surface area (Å²) >= 11 is 0. The molecule has 1 N–H and O–H groups in total. The Kier molecular flexibility index (Phi) is 3.88. The van der Waals surface area contributed by atoms with Crippen LogP contribution in [0.1, 0.15) is 31.4 Å². The molecule has 1 amide bonds. The molecule has 1 aliphatic rings. The molecule has 0 atom stereocenters. The highest BCUT2D eigenvalue weighted by atomic mass is 16.2. The van der Waals surface area contributed by atoms with Crippen molar-refractivity contribution in [2.24, 2.45) is 0 Å². The second kappa shape index (κ2) is 5.84. The fourth-order valence-electron chi connectivity index (χ4n) is 3.02. The van der Waals surface area contributed by atoms with E-state index >= 15 is 0 Å². The van der Waals surface area contributed by atoms with Crippen molar-refractivity contribution in [3.8, 4) is 0 Å². The molecule has 0 bridgehead atoms. The highest BCUT2D eigenvalue weighted by molar-refractivity contribution is 5.95. The number of rotatable bonds is 2. The van der Waals surface area contributed by atoms with Gasteiger partial charge in [-0.3, -0.25) is 4.79 Å². The highest BCUT2D eigenvalue weighted by Gasteiger charge is 2.18. The average Bonchev–Trinajstić information content (AvgIpc) is 2.92. The summed E-state index contributed by atoms with van der Waals surface area (Å²) < 4.78 is 0. The number of amides is 1. The zero-order valence-corrected chi connectivity index (χ0v) is 13.4. The van der Waals surface area contributed by atoms with E-state index in [0.29, 0.717) is 6.54 Å². The summed E-state index contributed by atoms with van der Waals surface area (Å²) in [6, 6.07) is 6.39. The van der Waals surface area contributed by atoms with Crippen LogP contribution in [0.25, 0.3) is 16.5 Å². The summed E-state index contributed by atoms with van der Waals surface area (Å²) in [4.78, 5) is 17.4. The molecule has 1 aromatic carbocycles. The monoisotopic (exact) mass is 294 g/mol. The van der Waals surface area contributed by atoms with Crippen LogP contribution in [0.3, 0.4) is 0 Å². The van der Waals surface area contributed by atoms with E-state index < -0.39 is 0 Å². The van der Waals surface area contributed by atoms with Crippen LogP contribution in [0.2, 0.25) is 0 Å². The van der Waals surface area contributed by atoms with Crippen molar-refractivity contribution in [1.82, 2.24) is 9.88 Å². The predicted molar refractivity (Wildman–Crippen MR) is 91.6 cm³/mol. The van der Waals surface area contributed by atoms with Gasteiger partial charge in [-0.05, 0) is 38.3 Å². The minimum Gasteiger partial charge on any atom is -0.360 e. The predicted octanol–water partition coefficient (Wildman–Crippen LogP) is 4.06. The van der Waals surface area contributed by atoms with Gasteiger partial charge in [-0.15, -0.1) is 0 Å². The molecule has 0 unspecified atom stereocenters. The maximum atomic E-state index is 12.1. The molecule has 114 valence electrons. The summed E-state index contributed by atoms with van der Waals surface area (Å²) in [5.74, 6) is 0.116. The molecule has 0 saturated heterocycles. The molecule has 0 aliphatic carbocycles. The molecule has 3 rings (SSSR count). The number of H-pyrrole nitrogens is 1. The molecule has 3 heteroatoms. The molecule has 0 fully saturated rings. The molecule has 0 radical (unpaired) electrons. The van der Waals surface area contributed by atoms with Crippen LogP contribution in [0.5, 0.6) is 0 Å². The Morgan fingerprint density at radius 1 is 1.32 bits per heavy atom. The fraction of sp³-hybridized carbons (Fsp3) is 0.316. The topological polar surface area (TPSA) is 36.1 Å². The van der Waals surface area contributed by atoms with E-state index in [9.17, 15) is 4.79 Å². The summed E-state index contributed by atoms with van der Waals surface area (Å²) in [5.41, 5.74) is 6.12. The normalized spacial score (nSPS) is 14.9. The molecule has 1 aromatic heterocycles. The zero-order valence-electron chi connectivity index (χ0n) is 13.4. The van der Waals surface area contributed by atoms with Gasteiger partial charge < -0.3 is 9.88 Å². The number of carbonyl (C=O) groups excluding carboxylic acids is 1. The van der Waals surface area contributed by atoms with Gasteiger partial charge >= 0.3 is 0 Å². The van der Waals surface area contributed by atoms with E-state index in [2.05, 4.69) is 42.4 Å². The number of aromatic amines is 1. The number of para-hydroxylation sites is 1. The van der Waals surface area contributed by atoms with Crippen LogP contribution in [0.4, 0.5) is 0 Å². The smallest absolute Gasteiger partial charge is 0.246 e. The molecule has 2 aromatic rings. The Morgan fingerprint density at radius 3 is 2.82 bits per heavy atom. The van der Waals surface area contributed by atoms with Crippen molar-refractivity contribution in [3.05, 3.63) is 53.2 Å². The number of fused-ring (bicyclic) bond motifs is 1. The lowest BCUT2D eigenvalue weighted by molar-refractivity contribution is -0.125. The van der Waals surface area contributed by atoms with E-state index in [1.165, 1.54) is 27.6 Å². The quantitative estimate of drug-likeness (QED) is 0.833. The number of hydrogen-bond donors (Lipinski definition) is 1. The third kappa shape index (κ3) is 2.71. The third-order valence-corrected chi connectivity index (χ3v) is 4.20. The van der Waals surface area contributed by atoms with Crippen molar-refractivity contribution >= 4 is 22.4 Å². The van der Waals surface area contributed by atoms with Crippen molar-refractivity contribution in [2.45, 2.75) is 27.2 Å². The van der Waals surface area contributed by atoms with E-state index in [1.54, 1.807) is 6.08 Å². The van der Waals surface area contributed by atoms with Crippen LogP contribution in [0, 0.1) is 6.92 Å². The van der Waals surface area contributed by atoms with Gasteiger partial charge in [0.15, 0.2) is 0 Å². The number of nitrogens with one attached hydrogen (secondary N) is 1. The molecule has 0 spiro atoms. The molecule has 22 heavy (non-hydrogen) atoms. The first-order valence-electron chi connectivity index (χ1n) is 7.76. The van der Waals surface area contributed by atoms with Gasteiger partial charge in [-0.25, -0.2) is 0 Å². The number of carbonyl (C=O) groups is 1. The standard InChI is InChI=1S/C19H22N2O/c1-13(2)11-18(22)21-9-7-15(8-10-21)17-12-20-19-14(3)5-4-6-16(17)19/h4-7,11-12,20H,8-10H2,1-3H3. The Labute approximate surface area is 131 Å². The number of benzene rings is 1. The summed E-state index contributed by atoms with van der Waals surface area (Å²) in [6.07, 6.45) is 6.90. The van der Waals surface area contributed by atoms with E-state index in [1.807, 2.05) is 18.7 Å². The van der Waals surface area contributed by atoms with Crippen LogP contribution >= 0.6 is 0 Å². The molecule has 3 nitrogen and oxygen atoms in total. The largest absolute Gasteiger partial charge is 0.360 e. The number of nitrogens with zero attached hydrogens (tertiary/aromatic N) is 1. The van der Waals surface area contributed by atoms with Crippen molar-refractivity contribution in [3.63, 3.8) is 0 Å². The Bertz CT molecular complexity index is 776. The number of hydrogen-bond acceptors (Lipinski definition) is 1. The number of aryl methyl sites for hydroxylation is 1. The molecular formula is C19H22N2O. The molecular weight excluding hydrogens is 272 g/mol. The lowest BCUT2D eigenvalue weighted by Gasteiger charge is -2.25. The minimum atomic E-state index is 0.116. The molecule has 1 aliphatic heterocycles. The maximum absolute atomic E-state index is 12.1. The first-order chi connectivity index (χ1) is 10.6. The van der Waals surface area contributed by atoms with Crippen LogP contribution in [-0.4, -0.2) is 28.9 Å². The maximum Gasteiger partial charge on any atom is 0.246 e. The highest BCUT2D eigenvalue weighted by Crippen LogP contribution is 2.30. The molecule has 0 saturated carbocycles. The second-order valence-corrected chi connectivity index (χ2v) is 6.19. The average molecular weight is 294 g/mol. The Hall–Kier alpha value is -2.29. The van der Waals surface area contributed by atoms with E-state index in [-0.39, 0.29) is 5.91 Å². The van der Waals surface area contributed by atoms with E-state index in [0.717, 1.165) is 18.5 Å². The van der Waals surface area contributed by atoms with Crippen molar-refractivity contribution in [2.75, 3.05) is 13.1 Å². The minimum absolute atomic E-state index is 0.116. The number of aromatic nitrogens is 1.